The van der Waals surface area contributed by atoms with Crippen molar-refractivity contribution >= 4 is 43.8 Å². The second-order valence-corrected chi connectivity index (χ2v) is 8.98. The van der Waals surface area contributed by atoms with Gasteiger partial charge in [0.1, 0.15) is 23.3 Å². The third-order valence-corrected chi connectivity index (χ3v) is 6.65. The molecule has 0 fully saturated rings. The van der Waals surface area contributed by atoms with Gasteiger partial charge in [-0.05, 0) is 55.8 Å². The lowest BCUT2D eigenvalue weighted by molar-refractivity contribution is 0.123. The molecule has 2 aromatic carbocycles. The maximum atomic E-state index is 9.78. The molecule has 0 aliphatic carbocycles. The number of nitrogens with one attached hydrogen (secondary N) is 2. The molecule has 3 N–H and O–H groups in total. The van der Waals surface area contributed by atoms with E-state index in [1.54, 1.807) is 24.5 Å². The Morgan fingerprint density at radius 1 is 1.21 bits per heavy atom. The van der Waals surface area contributed by atoms with Gasteiger partial charge in [-0.25, -0.2) is 4.98 Å². The third-order valence-electron chi connectivity index (χ3n) is 5.58. The monoisotopic (exact) mass is 454 g/mol. The van der Waals surface area contributed by atoms with E-state index in [1.807, 2.05) is 48.7 Å². The Bertz CT molecular complexity index is 1510. The Morgan fingerprint density at radius 2 is 2.06 bits per heavy atom. The number of hydrogen-bond acceptors (Lipinski definition) is 6. The van der Waals surface area contributed by atoms with Crippen molar-refractivity contribution in [2.75, 3.05) is 11.9 Å². The Hall–Kier alpha value is -3.86. The second-order valence-electron chi connectivity index (χ2n) is 7.95. The fraction of sp³-hybridized carbons (Fsp3) is 0.154. The number of rotatable bonds is 6. The molecule has 164 valence electrons. The van der Waals surface area contributed by atoms with E-state index < -0.39 is 6.10 Å². The highest BCUT2D eigenvalue weighted by Crippen LogP contribution is 2.41. The van der Waals surface area contributed by atoms with E-state index in [1.165, 1.54) is 0 Å². The van der Waals surface area contributed by atoms with Crippen LogP contribution >= 0.6 is 11.3 Å². The minimum absolute atomic E-state index is 0.215. The van der Waals surface area contributed by atoms with Crippen molar-refractivity contribution < 1.29 is 9.84 Å². The van der Waals surface area contributed by atoms with Crippen molar-refractivity contribution in [3.05, 3.63) is 72.1 Å². The summed E-state index contributed by atoms with van der Waals surface area (Å²) < 4.78 is 5.83. The maximum Gasteiger partial charge on any atom is 0.128 e. The Kier molecular flexibility index (Phi) is 5.47. The van der Waals surface area contributed by atoms with E-state index in [2.05, 4.69) is 34.3 Å². The van der Waals surface area contributed by atoms with Gasteiger partial charge in [-0.15, -0.1) is 11.3 Å². The molecule has 0 unspecified atom stereocenters. The van der Waals surface area contributed by atoms with Gasteiger partial charge >= 0.3 is 0 Å². The summed E-state index contributed by atoms with van der Waals surface area (Å²) in [6.07, 6.45) is 2.98. The highest BCUT2D eigenvalue weighted by Gasteiger charge is 2.17. The standard InChI is InChI=1S/C26H22N4O2S/c1-15(31)14-32-23-6-4-3-5-19(23)24-11-20-25(17(12-27)13-29-26(20)33-24)30-21-7-8-22-18(16(21)2)9-10-28-22/h3-11,13,15,28,31H,14H2,1-2H3,(H,29,30)/t15-/m0/s1. The molecule has 5 rings (SSSR count). The quantitative estimate of drug-likeness (QED) is 0.287. The number of benzene rings is 2. The zero-order valence-electron chi connectivity index (χ0n) is 18.2. The molecule has 0 aliphatic rings. The predicted molar refractivity (Wildman–Crippen MR) is 133 cm³/mol. The minimum atomic E-state index is -0.559. The van der Waals surface area contributed by atoms with Crippen molar-refractivity contribution in [2.45, 2.75) is 20.0 Å². The number of aliphatic hydroxyl groups excluding tert-OH is 1. The second kappa shape index (κ2) is 8.58. The van der Waals surface area contributed by atoms with E-state index in [0.29, 0.717) is 11.3 Å². The van der Waals surface area contributed by atoms with E-state index in [0.717, 1.165) is 48.5 Å². The summed E-state index contributed by atoms with van der Waals surface area (Å²) in [5.74, 6) is 0.703. The summed E-state index contributed by atoms with van der Waals surface area (Å²) in [5, 5.41) is 24.9. The average Bonchev–Trinajstić information content (AvgIpc) is 3.47. The molecule has 0 bridgehead atoms. The molecule has 0 saturated heterocycles. The van der Waals surface area contributed by atoms with Crippen LogP contribution in [-0.4, -0.2) is 27.8 Å². The van der Waals surface area contributed by atoms with Gasteiger partial charge in [0, 0.05) is 44.8 Å². The molecular formula is C26H22N4O2S. The van der Waals surface area contributed by atoms with E-state index >= 15 is 0 Å². The molecule has 0 aliphatic heterocycles. The van der Waals surface area contributed by atoms with Crippen LogP contribution in [0.1, 0.15) is 18.1 Å². The van der Waals surface area contributed by atoms with Gasteiger partial charge in [0.2, 0.25) is 0 Å². The number of aryl methyl sites for hydroxylation is 1. The van der Waals surface area contributed by atoms with Gasteiger partial charge in [-0.1, -0.05) is 12.1 Å². The number of aromatic nitrogens is 2. The number of aromatic amines is 1. The summed E-state index contributed by atoms with van der Waals surface area (Å²) in [6.45, 7) is 3.98. The Labute approximate surface area is 195 Å². The lowest BCUT2D eigenvalue weighted by Gasteiger charge is -2.13. The third kappa shape index (κ3) is 3.91. The minimum Gasteiger partial charge on any atom is -0.490 e. The SMILES string of the molecule is Cc1c(Nc2c(C#N)cnc3sc(-c4ccccc4OC[C@H](C)O)cc23)ccc2[nH]ccc12. The molecule has 7 heteroatoms. The van der Waals surface area contributed by atoms with Crippen molar-refractivity contribution in [1.82, 2.24) is 9.97 Å². The average molecular weight is 455 g/mol. The fourth-order valence-corrected chi connectivity index (χ4v) is 4.94. The lowest BCUT2D eigenvalue weighted by Crippen LogP contribution is -2.13. The normalized spacial score (nSPS) is 12.1. The fourth-order valence-electron chi connectivity index (χ4n) is 3.90. The predicted octanol–water partition coefficient (Wildman–Crippen LogP) is 6.13. The number of anilines is 2. The van der Waals surface area contributed by atoms with Crippen molar-refractivity contribution in [3.63, 3.8) is 0 Å². The van der Waals surface area contributed by atoms with Crippen LogP contribution in [0.15, 0.2) is 60.9 Å². The largest absolute Gasteiger partial charge is 0.490 e. The summed E-state index contributed by atoms with van der Waals surface area (Å²) >= 11 is 1.54. The number of nitrogens with zero attached hydrogens (tertiary/aromatic N) is 2. The van der Waals surface area contributed by atoms with Gasteiger partial charge in [0.05, 0.1) is 17.4 Å². The van der Waals surface area contributed by atoms with E-state index in [-0.39, 0.29) is 6.61 Å². The van der Waals surface area contributed by atoms with E-state index in [9.17, 15) is 10.4 Å². The molecule has 6 nitrogen and oxygen atoms in total. The Balaban J connectivity index is 1.61. The summed E-state index contributed by atoms with van der Waals surface area (Å²) in [6, 6.07) is 18.2. The van der Waals surface area contributed by atoms with Crippen LogP contribution in [-0.2, 0) is 0 Å². The Morgan fingerprint density at radius 3 is 2.88 bits per heavy atom. The number of pyridine rings is 1. The highest BCUT2D eigenvalue weighted by molar-refractivity contribution is 7.22. The molecule has 0 saturated carbocycles. The number of para-hydroxylation sites is 1. The molecule has 3 aromatic heterocycles. The topological polar surface area (TPSA) is 94.0 Å². The number of thiophene rings is 1. The van der Waals surface area contributed by atoms with Crippen LogP contribution < -0.4 is 10.1 Å². The molecule has 3 heterocycles. The number of H-pyrrole nitrogens is 1. The van der Waals surface area contributed by atoms with Crippen LogP contribution in [0, 0.1) is 18.3 Å². The molecule has 0 spiro atoms. The van der Waals surface area contributed by atoms with Crippen LogP contribution in [0.5, 0.6) is 5.75 Å². The van der Waals surface area contributed by atoms with Gasteiger partial charge < -0.3 is 20.1 Å². The molecule has 5 aromatic rings. The maximum absolute atomic E-state index is 9.78. The summed E-state index contributed by atoms with van der Waals surface area (Å²) in [5.41, 5.74) is 5.28. The molecule has 33 heavy (non-hydrogen) atoms. The summed E-state index contributed by atoms with van der Waals surface area (Å²) in [7, 11) is 0. The lowest BCUT2D eigenvalue weighted by atomic mass is 10.1. The number of fused-ring (bicyclic) bond motifs is 2. The zero-order valence-corrected chi connectivity index (χ0v) is 19.0. The van der Waals surface area contributed by atoms with Crippen LogP contribution in [0.4, 0.5) is 11.4 Å². The van der Waals surface area contributed by atoms with Gasteiger partial charge in [-0.3, -0.25) is 0 Å². The molecule has 1 atom stereocenters. The number of aliphatic hydroxyl groups is 1. The number of hydrogen-bond donors (Lipinski definition) is 3. The number of ether oxygens (including phenoxy) is 1. The summed E-state index contributed by atoms with van der Waals surface area (Å²) in [4.78, 5) is 9.58. The molecular weight excluding hydrogens is 432 g/mol. The smallest absolute Gasteiger partial charge is 0.128 e. The zero-order chi connectivity index (χ0) is 22.9. The van der Waals surface area contributed by atoms with Crippen molar-refractivity contribution in [2.24, 2.45) is 0 Å². The molecule has 0 radical (unpaired) electrons. The van der Waals surface area contributed by atoms with Crippen molar-refractivity contribution in [1.29, 1.82) is 5.26 Å². The first-order valence-corrected chi connectivity index (χ1v) is 11.4. The van der Waals surface area contributed by atoms with Crippen LogP contribution in [0.2, 0.25) is 0 Å². The van der Waals surface area contributed by atoms with Crippen LogP contribution in [0.3, 0.4) is 0 Å². The van der Waals surface area contributed by atoms with E-state index in [4.69, 9.17) is 4.74 Å². The first-order valence-electron chi connectivity index (χ1n) is 10.6. The van der Waals surface area contributed by atoms with Gasteiger partial charge in [0.25, 0.3) is 0 Å². The van der Waals surface area contributed by atoms with Gasteiger partial charge in [-0.2, -0.15) is 5.26 Å². The van der Waals surface area contributed by atoms with Gasteiger partial charge in [0.15, 0.2) is 0 Å². The first kappa shape index (κ1) is 21.0. The van der Waals surface area contributed by atoms with Crippen molar-refractivity contribution in [3.8, 4) is 22.3 Å². The number of nitriles is 1. The van der Waals surface area contributed by atoms with Crippen LogP contribution in [0.25, 0.3) is 31.6 Å². The highest BCUT2D eigenvalue weighted by atomic mass is 32.1. The molecule has 0 amide bonds. The first-order chi connectivity index (χ1) is 16.0.